The Bertz CT molecular complexity index is 1400. The summed E-state index contributed by atoms with van der Waals surface area (Å²) in [6, 6.07) is 14.6. The molecule has 2 aromatic heterocycles. The molecule has 186 valence electrons. The topological polar surface area (TPSA) is 35.0 Å². The number of hydrogen-bond acceptors (Lipinski definition) is 3. The number of aryl methyl sites for hydroxylation is 2. The third-order valence-electron chi connectivity index (χ3n) is 6.49. The Morgan fingerprint density at radius 1 is 0.806 bits per heavy atom. The van der Waals surface area contributed by atoms with Crippen LogP contribution >= 0.6 is 0 Å². The first-order chi connectivity index (χ1) is 17.2. The molecule has 0 spiro atoms. The van der Waals surface area contributed by atoms with E-state index in [0.717, 1.165) is 12.1 Å². The molecule has 0 N–H and O–H groups in total. The fourth-order valence-electron chi connectivity index (χ4n) is 4.28. The molecular weight excluding hydrogens is 468 g/mol. The zero-order valence-corrected chi connectivity index (χ0v) is 20.5. The Morgan fingerprint density at radius 2 is 1.44 bits per heavy atom. The first-order valence-corrected chi connectivity index (χ1v) is 11.7. The van der Waals surface area contributed by atoms with Crippen molar-refractivity contribution >= 4 is 0 Å². The fraction of sp³-hybridized carbons (Fsp3) is 0.241. The highest BCUT2D eigenvalue weighted by Crippen LogP contribution is 2.37. The Morgan fingerprint density at radius 3 is 2.11 bits per heavy atom. The second kappa shape index (κ2) is 10.1. The Labute approximate surface area is 207 Å². The van der Waals surface area contributed by atoms with Crippen LogP contribution in [-0.4, -0.2) is 9.97 Å². The van der Waals surface area contributed by atoms with Gasteiger partial charge in [0.05, 0.1) is 22.5 Å². The number of pyridine rings is 2. The molecule has 1 atom stereocenters. The van der Waals surface area contributed by atoms with Gasteiger partial charge in [-0.1, -0.05) is 26.0 Å². The number of ether oxygens (including phenoxy) is 1. The van der Waals surface area contributed by atoms with Gasteiger partial charge in [0, 0.05) is 29.3 Å². The minimum Gasteiger partial charge on any atom is -0.436 e. The van der Waals surface area contributed by atoms with E-state index >= 15 is 0 Å². The maximum absolute atomic E-state index is 14.6. The van der Waals surface area contributed by atoms with Crippen molar-refractivity contribution in [1.29, 1.82) is 0 Å². The minimum absolute atomic E-state index is 0.0656. The number of benzene rings is 2. The first-order valence-electron chi connectivity index (χ1n) is 11.7. The number of halogens is 4. The van der Waals surface area contributed by atoms with Crippen molar-refractivity contribution in [3.63, 3.8) is 0 Å². The van der Waals surface area contributed by atoms with Gasteiger partial charge in [0.15, 0.2) is 11.6 Å². The van der Waals surface area contributed by atoms with Gasteiger partial charge in [-0.25, -0.2) is 22.5 Å². The summed E-state index contributed by atoms with van der Waals surface area (Å²) in [5, 5.41) is 0. The first kappa shape index (κ1) is 25.4. The molecule has 2 aromatic carbocycles. The van der Waals surface area contributed by atoms with E-state index in [1.54, 1.807) is 38.1 Å². The fourth-order valence-corrected chi connectivity index (χ4v) is 4.28. The van der Waals surface area contributed by atoms with Crippen LogP contribution in [0.2, 0.25) is 0 Å². The maximum atomic E-state index is 14.6. The van der Waals surface area contributed by atoms with Gasteiger partial charge in [0.2, 0.25) is 5.88 Å². The predicted octanol–water partition coefficient (Wildman–Crippen LogP) is 8.08. The zero-order chi connectivity index (χ0) is 26.0. The van der Waals surface area contributed by atoms with E-state index in [9.17, 15) is 17.6 Å². The molecule has 0 saturated carbocycles. The largest absolute Gasteiger partial charge is 0.436 e. The van der Waals surface area contributed by atoms with Gasteiger partial charge in [0.25, 0.3) is 0 Å². The molecule has 0 aliphatic rings. The highest BCUT2D eigenvalue weighted by Gasteiger charge is 2.31. The standard InChI is InChI=1S/C29H26F4N2O/c1-5-18-14-20(31)16-22(33)28(18)36-26-12-8-11-25(35-26)29(4,6-2)24-10-7-9-23(34-24)27-17(3)13-19(30)15-21(27)32/h7-16H,5-6H2,1-4H3. The minimum atomic E-state index is -0.802. The van der Waals surface area contributed by atoms with Crippen LogP contribution in [0.1, 0.15) is 49.7 Å². The number of rotatable bonds is 7. The van der Waals surface area contributed by atoms with E-state index in [-0.39, 0.29) is 17.2 Å². The van der Waals surface area contributed by atoms with Crippen LogP contribution in [-0.2, 0) is 11.8 Å². The molecule has 0 fully saturated rings. The molecule has 4 rings (SSSR count). The van der Waals surface area contributed by atoms with Crippen molar-refractivity contribution in [1.82, 2.24) is 9.97 Å². The second-order valence-corrected chi connectivity index (χ2v) is 8.87. The SMILES string of the molecule is CCc1cc(F)cc(F)c1Oc1cccc(C(C)(CC)c2cccc(-c3c(C)cc(F)cc3F)n2)n1. The van der Waals surface area contributed by atoms with Gasteiger partial charge in [-0.05, 0) is 62.6 Å². The van der Waals surface area contributed by atoms with E-state index in [1.165, 1.54) is 12.1 Å². The van der Waals surface area contributed by atoms with Gasteiger partial charge in [-0.15, -0.1) is 0 Å². The van der Waals surface area contributed by atoms with Gasteiger partial charge >= 0.3 is 0 Å². The van der Waals surface area contributed by atoms with Crippen molar-refractivity contribution in [3.05, 3.63) is 106 Å². The highest BCUT2D eigenvalue weighted by molar-refractivity contribution is 5.64. The summed E-state index contributed by atoms with van der Waals surface area (Å²) < 4.78 is 62.2. The lowest BCUT2D eigenvalue weighted by Crippen LogP contribution is -2.25. The molecule has 0 bridgehead atoms. The summed E-state index contributed by atoms with van der Waals surface area (Å²) in [4.78, 5) is 9.36. The average molecular weight is 495 g/mol. The van der Waals surface area contributed by atoms with Crippen LogP contribution < -0.4 is 4.74 Å². The van der Waals surface area contributed by atoms with E-state index in [0.29, 0.717) is 41.1 Å². The Hall–Kier alpha value is -3.74. The average Bonchev–Trinajstić information content (AvgIpc) is 2.84. The molecule has 0 aliphatic carbocycles. The maximum Gasteiger partial charge on any atom is 0.219 e. The molecule has 1 unspecified atom stereocenters. The summed E-state index contributed by atoms with van der Waals surface area (Å²) in [7, 11) is 0. The van der Waals surface area contributed by atoms with Crippen LogP contribution in [0.4, 0.5) is 17.6 Å². The van der Waals surface area contributed by atoms with Gasteiger partial charge in [-0.2, -0.15) is 0 Å². The predicted molar refractivity (Wildman–Crippen MR) is 131 cm³/mol. The van der Waals surface area contributed by atoms with Crippen LogP contribution in [0, 0.1) is 30.2 Å². The number of nitrogens with zero attached hydrogens (tertiary/aromatic N) is 2. The highest BCUT2D eigenvalue weighted by atomic mass is 19.1. The summed E-state index contributed by atoms with van der Waals surface area (Å²) in [5.41, 5.74) is 2.01. The quantitative estimate of drug-likeness (QED) is 0.244. The molecule has 3 nitrogen and oxygen atoms in total. The van der Waals surface area contributed by atoms with Crippen molar-refractivity contribution in [2.24, 2.45) is 0 Å². The van der Waals surface area contributed by atoms with Crippen LogP contribution in [0.5, 0.6) is 11.6 Å². The molecule has 0 radical (unpaired) electrons. The number of hydrogen-bond donors (Lipinski definition) is 0. The molecule has 36 heavy (non-hydrogen) atoms. The van der Waals surface area contributed by atoms with E-state index in [2.05, 4.69) is 4.98 Å². The van der Waals surface area contributed by atoms with Crippen molar-refractivity contribution < 1.29 is 22.3 Å². The summed E-state index contributed by atoms with van der Waals surface area (Å²) in [5.74, 6) is -2.71. The third kappa shape index (κ3) is 4.83. The Balaban J connectivity index is 1.75. The van der Waals surface area contributed by atoms with Crippen LogP contribution in [0.25, 0.3) is 11.3 Å². The summed E-state index contributed by atoms with van der Waals surface area (Å²) in [6.07, 6.45) is 0.975. The third-order valence-corrected chi connectivity index (χ3v) is 6.49. The van der Waals surface area contributed by atoms with Crippen molar-refractivity contribution in [3.8, 4) is 22.9 Å². The molecule has 0 saturated heterocycles. The zero-order valence-electron chi connectivity index (χ0n) is 20.5. The number of aromatic nitrogens is 2. The summed E-state index contributed by atoms with van der Waals surface area (Å²) >= 11 is 0. The molecule has 0 amide bonds. The molecular formula is C29H26F4N2O. The van der Waals surface area contributed by atoms with E-state index < -0.39 is 28.7 Å². The lowest BCUT2D eigenvalue weighted by atomic mass is 9.79. The lowest BCUT2D eigenvalue weighted by molar-refractivity contribution is 0.410. The van der Waals surface area contributed by atoms with Gasteiger partial charge in [0.1, 0.15) is 17.5 Å². The molecule has 4 aromatic rings. The van der Waals surface area contributed by atoms with E-state index in [1.807, 2.05) is 26.0 Å². The Kier molecular flexibility index (Phi) is 7.11. The molecule has 2 heterocycles. The van der Waals surface area contributed by atoms with Crippen LogP contribution in [0.3, 0.4) is 0 Å². The van der Waals surface area contributed by atoms with Crippen molar-refractivity contribution in [2.75, 3.05) is 0 Å². The molecule has 0 aliphatic heterocycles. The van der Waals surface area contributed by atoms with Gasteiger partial charge < -0.3 is 4.74 Å². The van der Waals surface area contributed by atoms with Gasteiger partial charge in [-0.3, -0.25) is 4.98 Å². The monoisotopic (exact) mass is 494 g/mol. The normalized spacial score (nSPS) is 12.9. The van der Waals surface area contributed by atoms with Crippen LogP contribution in [0.15, 0.2) is 60.7 Å². The molecule has 7 heteroatoms. The second-order valence-electron chi connectivity index (χ2n) is 8.87. The van der Waals surface area contributed by atoms with Crippen molar-refractivity contribution in [2.45, 2.75) is 46.0 Å². The lowest BCUT2D eigenvalue weighted by Gasteiger charge is -2.28. The smallest absolute Gasteiger partial charge is 0.219 e. The van der Waals surface area contributed by atoms with E-state index in [4.69, 9.17) is 9.72 Å². The summed E-state index contributed by atoms with van der Waals surface area (Å²) in [6.45, 7) is 7.34.